The van der Waals surface area contributed by atoms with Crippen LogP contribution in [0.3, 0.4) is 0 Å². The Morgan fingerprint density at radius 3 is 1.67 bits per heavy atom. The number of aliphatic hydroxyl groups excluding tert-OH is 2. The van der Waals surface area contributed by atoms with Crippen molar-refractivity contribution in [3.8, 4) is 0 Å². The van der Waals surface area contributed by atoms with E-state index in [2.05, 4.69) is 18.4 Å². The first kappa shape index (κ1) is 6.23. The molecule has 0 aliphatic heterocycles. The first-order valence-corrected chi connectivity index (χ1v) is 1.96. The molecule has 0 spiro atoms. The molecule has 38 valence electrons. The summed E-state index contributed by atoms with van der Waals surface area (Å²) in [4.78, 5) is 0. The van der Waals surface area contributed by atoms with Crippen molar-refractivity contribution in [3.63, 3.8) is 0 Å². The van der Waals surface area contributed by atoms with Gasteiger partial charge >= 0.3 is 0 Å². The molecule has 2 atom stereocenters. The lowest BCUT2D eigenvalue weighted by molar-refractivity contribution is 0.0797. The average molecular weight is 109 g/mol. The molecule has 0 saturated heterocycles. The summed E-state index contributed by atoms with van der Waals surface area (Å²) < 4.78 is 0. The van der Waals surface area contributed by atoms with Crippen molar-refractivity contribution >= 4 is 12.6 Å². The molecule has 0 bridgehead atoms. The molecule has 0 aromatic rings. The lowest BCUT2D eigenvalue weighted by Gasteiger charge is -2.03. The molecule has 0 heterocycles. The highest BCUT2D eigenvalue weighted by Crippen LogP contribution is 1.87. The predicted molar refractivity (Wildman–Crippen MR) is 25.2 cm³/mol. The van der Waals surface area contributed by atoms with Gasteiger partial charge in [0.25, 0.3) is 0 Å². The van der Waals surface area contributed by atoms with Crippen LogP contribution in [0.15, 0.2) is 0 Å². The standard InChI is InChI=1S/C2H7NO2S/c3-1(4)2(5)6/h1-2,4-6H,3H2. The maximum atomic E-state index is 8.12. The van der Waals surface area contributed by atoms with E-state index in [1.54, 1.807) is 0 Å². The van der Waals surface area contributed by atoms with Crippen LogP contribution in [0, 0.1) is 0 Å². The molecule has 0 aliphatic carbocycles. The van der Waals surface area contributed by atoms with Crippen LogP contribution >= 0.6 is 12.6 Å². The van der Waals surface area contributed by atoms with Crippen molar-refractivity contribution in [1.82, 2.24) is 0 Å². The SMILES string of the molecule is NC(O)C(O)S. The van der Waals surface area contributed by atoms with Gasteiger partial charge in [-0.25, -0.2) is 0 Å². The Bertz CT molecular complexity index is 32.5. The maximum Gasteiger partial charge on any atom is 0.137 e. The second kappa shape index (κ2) is 2.41. The number of aliphatic hydroxyl groups is 2. The van der Waals surface area contributed by atoms with Crippen LogP contribution in [-0.4, -0.2) is 21.9 Å². The van der Waals surface area contributed by atoms with Gasteiger partial charge in [-0.1, -0.05) is 0 Å². The van der Waals surface area contributed by atoms with Gasteiger partial charge in [0.15, 0.2) is 0 Å². The fourth-order valence-electron chi connectivity index (χ4n) is 0. The fourth-order valence-corrected chi connectivity index (χ4v) is 0. The van der Waals surface area contributed by atoms with Crippen LogP contribution in [0.5, 0.6) is 0 Å². The molecule has 0 rings (SSSR count). The van der Waals surface area contributed by atoms with Gasteiger partial charge in [0, 0.05) is 0 Å². The van der Waals surface area contributed by atoms with Crippen molar-refractivity contribution in [2.75, 3.05) is 0 Å². The third kappa shape index (κ3) is 2.47. The number of thiol groups is 1. The number of hydrogen-bond donors (Lipinski definition) is 4. The third-order valence-electron chi connectivity index (χ3n) is 0.305. The molecule has 0 fully saturated rings. The highest BCUT2D eigenvalue weighted by molar-refractivity contribution is 7.80. The zero-order chi connectivity index (χ0) is 5.15. The van der Waals surface area contributed by atoms with Crippen molar-refractivity contribution in [2.45, 2.75) is 11.7 Å². The van der Waals surface area contributed by atoms with Crippen LogP contribution in [-0.2, 0) is 0 Å². The molecule has 3 nitrogen and oxygen atoms in total. The summed E-state index contributed by atoms with van der Waals surface area (Å²) in [5.41, 5.74) is 3.54. The van der Waals surface area contributed by atoms with Gasteiger partial charge < -0.3 is 15.9 Å². The zero-order valence-corrected chi connectivity index (χ0v) is 3.97. The molecule has 2 unspecified atom stereocenters. The molecular weight excluding hydrogens is 102 g/mol. The lowest BCUT2D eigenvalue weighted by Crippen LogP contribution is -2.29. The lowest BCUT2D eigenvalue weighted by atomic mass is 10.6. The summed E-state index contributed by atoms with van der Waals surface area (Å²) >= 11 is 3.37. The second-order valence-electron chi connectivity index (χ2n) is 0.904. The number of rotatable bonds is 1. The van der Waals surface area contributed by atoms with Gasteiger partial charge in [0.2, 0.25) is 0 Å². The normalized spacial score (nSPS) is 20.0. The summed E-state index contributed by atoms with van der Waals surface area (Å²) in [6, 6.07) is 0. The van der Waals surface area contributed by atoms with E-state index >= 15 is 0 Å². The minimum atomic E-state index is -1.23. The summed E-state index contributed by atoms with van der Waals surface area (Å²) in [6.07, 6.45) is -1.23. The van der Waals surface area contributed by atoms with E-state index in [-0.39, 0.29) is 0 Å². The topological polar surface area (TPSA) is 66.5 Å². The highest BCUT2D eigenvalue weighted by Gasteiger charge is 2.01. The molecule has 0 aliphatic rings. The van der Waals surface area contributed by atoms with Crippen molar-refractivity contribution in [2.24, 2.45) is 5.73 Å². The van der Waals surface area contributed by atoms with E-state index in [1.807, 2.05) is 0 Å². The Morgan fingerprint density at radius 2 is 1.67 bits per heavy atom. The fraction of sp³-hybridized carbons (Fsp3) is 1.00. The summed E-state index contributed by atoms with van der Waals surface area (Å²) in [5, 5.41) is 16.2. The molecule has 4 heteroatoms. The molecule has 6 heavy (non-hydrogen) atoms. The smallest absolute Gasteiger partial charge is 0.137 e. The van der Waals surface area contributed by atoms with Crippen LogP contribution in [0.25, 0.3) is 0 Å². The first-order chi connectivity index (χ1) is 2.64. The monoisotopic (exact) mass is 109 g/mol. The van der Waals surface area contributed by atoms with Crippen molar-refractivity contribution < 1.29 is 10.2 Å². The Labute approximate surface area is 41.2 Å². The minimum absolute atomic E-state index is 1.12. The Kier molecular flexibility index (Phi) is 2.50. The maximum absolute atomic E-state index is 8.12. The molecular formula is C2H7NO2S. The van der Waals surface area contributed by atoms with E-state index in [0.29, 0.717) is 0 Å². The quantitative estimate of drug-likeness (QED) is 0.245. The minimum Gasteiger partial charge on any atom is -0.379 e. The van der Waals surface area contributed by atoms with Crippen molar-refractivity contribution in [3.05, 3.63) is 0 Å². The van der Waals surface area contributed by atoms with Gasteiger partial charge in [-0.05, 0) is 0 Å². The van der Waals surface area contributed by atoms with Gasteiger partial charge in [-0.2, -0.15) is 0 Å². The van der Waals surface area contributed by atoms with Gasteiger partial charge in [0.05, 0.1) is 0 Å². The Morgan fingerprint density at radius 1 is 1.50 bits per heavy atom. The zero-order valence-electron chi connectivity index (χ0n) is 3.07. The molecule has 0 radical (unpaired) electrons. The predicted octanol–water partition coefficient (Wildman–Crippen LogP) is -1.49. The van der Waals surface area contributed by atoms with Gasteiger partial charge in [0.1, 0.15) is 11.7 Å². The number of hydrogen-bond acceptors (Lipinski definition) is 4. The Hall–Kier alpha value is 0.230. The molecule has 4 N–H and O–H groups in total. The van der Waals surface area contributed by atoms with E-state index in [1.165, 1.54) is 0 Å². The molecule has 0 amide bonds. The van der Waals surface area contributed by atoms with E-state index < -0.39 is 11.7 Å². The average Bonchev–Trinajstić information content (AvgIpc) is 1.36. The van der Waals surface area contributed by atoms with Gasteiger partial charge in [-0.15, -0.1) is 12.6 Å². The molecule has 0 aromatic heterocycles. The van der Waals surface area contributed by atoms with Crippen LogP contribution < -0.4 is 5.73 Å². The summed E-state index contributed by atoms with van der Waals surface area (Å²) in [7, 11) is 0. The van der Waals surface area contributed by atoms with Crippen LogP contribution in [0.4, 0.5) is 0 Å². The first-order valence-electron chi connectivity index (χ1n) is 1.44. The third-order valence-corrected chi connectivity index (χ3v) is 0.611. The van der Waals surface area contributed by atoms with Crippen molar-refractivity contribution in [1.29, 1.82) is 0 Å². The molecule has 0 aromatic carbocycles. The number of nitrogens with two attached hydrogens (primary N) is 1. The summed E-state index contributed by atoms with van der Waals surface area (Å²) in [6.45, 7) is 0. The van der Waals surface area contributed by atoms with Gasteiger partial charge in [-0.3, -0.25) is 0 Å². The second-order valence-corrected chi connectivity index (χ2v) is 1.43. The van der Waals surface area contributed by atoms with E-state index in [4.69, 9.17) is 10.2 Å². The van der Waals surface area contributed by atoms with E-state index in [9.17, 15) is 0 Å². The molecule has 0 saturated carbocycles. The summed E-state index contributed by atoms with van der Waals surface area (Å²) in [5.74, 6) is 0. The van der Waals surface area contributed by atoms with E-state index in [0.717, 1.165) is 0 Å². The Balaban J connectivity index is 2.99. The van der Waals surface area contributed by atoms with Crippen LogP contribution in [0.2, 0.25) is 0 Å². The highest BCUT2D eigenvalue weighted by atomic mass is 32.1. The largest absolute Gasteiger partial charge is 0.379 e. The van der Waals surface area contributed by atoms with Crippen LogP contribution in [0.1, 0.15) is 0 Å².